The van der Waals surface area contributed by atoms with Crippen molar-refractivity contribution in [3.05, 3.63) is 64.7 Å². The Morgan fingerprint density at radius 2 is 1.91 bits per heavy atom. The van der Waals surface area contributed by atoms with Crippen molar-refractivity contribution in [2.75, 3.05) is 7.05 Å². The molecule has 2 N–H and O–H groups in total. The number of carbonyl (C=O) groups is 1. The Bertz CT molecular complexity index is 644. The summed E-state index contributed by atoms with van der Waals surface area (Å²) in [7, 11) is 1.63. The lowest BCUT2D eigenvalue weighted by molar-refractivity contribution is -0.122. The Kier molecular flexibility index (Phi) is 6.44. The summed E-state index contributed by atoms with van der Waals surface area (Å²) in [6, 6.07) is 15.2. The molecule has 1 atom stereocenters. The molecule has 2 aromatic carbocycles. The van der Waals surface area contributed by atoms with E-state index in [0.717, 1.165) is 16.9 Å². The third-order valence-corrected chi connectivity index (χ3v) is 3.71. The van der Waals surface area contributed by atoms with Gasteiger partial charge in [0.2, 0.25) is 5.91 Å². The van der Waals surface area contributed by atoms with E-state index in [4.69, 9.17) is 16.3 Å². The molecule has 23 heavy (non-hydrogen) atoms. The topological polar surface area (TPSA) is 50.4 Å². The quantitative estimate of drug-likeness (QED) is 0.819. The number of ether oxygens (including phenoxy) is 1. The van der Waals surface area contributed by atoms with Crippen LogP contribution < -0.4 is 15.4 Å². The molecule has 2 aromatic rings. The number of likely N-dealkylation sites (N-methyl/N-ethyl adjacent to an activating group) is 1. The first-order chi connectivity index (χ1) is 11.1. The number of nitrogens with one attached hydrogen (secondary N) is 2. The molecule has 5 heteroatoms. The van der Waals surface area contributed by atoms with Crippen LogP contribution in [0.4, 0.5) is 0 Å². The molecule has 122 valence electrons. The summed E-state index contributed by atoms with van der Waals surface area (Å²) in [5, 5.41) is 6.49. The molecule has 1 unspecified atom stereocenters. The van der Waals surface area contributed by atoms with Crippen molar-refractivity contribution in [2.45, 2.75) is 26.1 Å². The van der Waals surface area contributed by atoms with Gasteiger partial charge >= 0.3 is 0 Å². The van der Waals surface area contributed by atoms with Gasteiger partial charge in [0.1, 0.15) is 12.4 Å². The zero-order valence-electron chi connectivity index (χ0n) is 13.3. The third-order valence-electron chi connectivity index (χ3n) is 3.47. The first-order valence-electron chi connectivity index (χ1n) is 7.49. The first-order valence-corrected chi connectivity index (χ1v) is 7.87. The lowest BCUT2D eigenvalue weighted by Crippen LogP contribution is -2.40. The van der Waals surface area contributed by atoms with Crippen LogP contribution in [0.1, 0.15) is 18.1 Å². The van der Waals surface area contributed by atoms with Gasteiger partial charge < -0.3 is 15.4 Å². The molecular weight excluding hydrogens is 312 g/mol. The van der Waals surface area contributed by atoms with Gasteiger partial charge in [-0.05, 0) is 42.3 Å². The van der Waals surface area contributed by atoms with Gasteiger partial charge in [-0.1, -0.05) is 35.9 Å². The van der Waals surface area contributed by atoms with E-state index in [1.165, 1.54) is 0 Å². The minimum absolute atomic E-state index is 0.0218. The van der Waals surface area contributed by atoms with E-state index in [-0.39, 0.29) is 11.9 Å². The number of hydrogen-bond donors (Lipinski definition) is 2. The van der Waals surface area contributed by atoms with Gasteiger partial charge in [0, 0.05) is 18.6 Å². The SMILES string of the molecule is CNC(=O)C(C)NCc1ccc(OCc2cccc(Cl)c2)cc1. The summed E-state index contributed by atoms with van der Waals surface area (Å²) >= 11 is 5.95. The second-order valence-corrected chi connectivity index (χ2v) is 5.72. The maximum Gasteiger partial charge on any atom is 0.236 e. The van der Waals surface area contributed by atoms with E-state index < -0.39 is 0 Å². The normalized spacial score (nSPS) is 11.8. The fourth-order valence-electron chi connectivity index (χ4n) is 2.08. The zero-order chi connectivity index (χ0) is 16.7. The van der Waals surface area contributed by atoms with Crippen molar-refractivity contribution in [3.63, 3.8) is 0 Å². The molecule has 0 spiro atoms. The smallest absolute Gasteiger partial charge is 0.236 e. The number of halogens is 1. The molecule has 0 saturated heterocycles. The van der Waals surface area contributed by atoms with Gasteiger partial charge in [-0.25, -0.2) is 0 Å². The van der Waals surface area contributed by atoms with E-state index in [9.17, 15) is 4.79 Å². The summed E-state index contributed by atoms with van der Waals surface area (Å²) in [6.45, 7) is 2.94. The van der Waals surface area contributed by atoms with Gasteiger partial charge in [-0.3, -0.25) is 4.79 Å². The van der Waals surface area contributed by atoms with Crippen LogP contribution in [0, 0.1) is 0 Å². The van der Waals surface area contributed by atoms with Gasteiger partial charge in [0.05, 0.1) is 6.04 Å². The molecule has 0 aliphatic carbocycles. The van der Waals surface area contributed by atoms with Crippen molar-refractivity contribution >= 4 is 17.5 Å². The second-order valence-electron chi connectivity index (χ2n) is 5.28. The molecule has 0 aliphatic heterocycles. The third kappa shape index (κ3) is 5.58. The predicted molar refractivity (Wildman–Crippen MR) is 92.6 cm³/mol. The summed E-state index contributed by atoms with van der Waals surface area (Å²) in [5.74, 6) is 0.777. The van der Waals surface area contributed by atoms with E-state index in [1.807, 2.05) is 55.5 Å². The number of benzene rings is 2. The van der Waals surface area contributed by atoms with Crippen molar-refractivity contribution in [1.82, 2.24) is 10.6 Å². The summed E-state index contributed by atoms with van der Waals surface area (Å²) in [5.41, 5.74) is 2.12. The molecule has 2 rings (SSSR count). The van der Waals surface area contributed by atoms with Gasteiger partial charge in [0.15, 0.2) is 0 Å². The highest BCUT2D eigenvalue weighted by atomic mass is 35.5. The van der Waals surface area contributed by atoms with Crippen LogP contribution in [-0.4, -0.2) is 19.0 Å². The number of amides is 1. The molecule has 0 radical (unpaired) electrons. The van der Waals surface area contributed by atoms with Crippen molar-refractivity contribution in [1.29, 1.82) is 0 Å². The second kappa shape index (κ2) is 8.56. The Balaban J connectivity index is 1.83. The van der Waals surface area contributed by atoms with Crippen LogP contribution in [0.3, 0.4) is 0 Å². The molecule has 0 aliphatic rings. The molecule has 0 fully saturated rings. The van der Waals surface area contributed by atoms with Crippen LogP contribution in [0.2, 0.25) is 5.02 Å². The van der Waals surface area contributed by atoms with Gasteiger partial charge in [-0.15, -0.1) is 0 Å². The van der Waals surface area contributed by atoms with Crippen molar-refractivity contribution < 1.29 is 9.53 Å². The standard InChI is InChI=1S/C18H21ClN2O2/c1-13(18(22)20-2)21-11-14-6-8-17(9-7-14)23-12-15-4-3-5-16(19)10-15/h3-10,13,21H,11-12H2,1-2H3,(H,20,22). The number of rotatable bonds is 7. The highest BCUT2D eigenvalue weighted by molar-refractivity contribution is 6.30. The Hall–Kier alpha value is -2.04. The Morgan fingerprint density at radius 1 is 1.17 bits per heavy atom. The van der Waals surface area contributed by atoms with Crippen LogP contribution in [0.25, 0.3) is 0 Å². The minimum Gasteiger partial charge on any atom is -0.489 e. The molecule has 0 saturated carbocycles. The average Bonchev–Trinajstić information content (AvgIpc) is 2.58. The van der Waals surface area contributed by atoms with Crippen molar-refractivity contribution in [3.8, 4) is 5.75 Å². The Labute approximate surface area is 141 Å². The van der Waals surface area contributed by atoms with Gasteiger partial charge in [-0.2, -0.15) is 0 Å². The minimum atomic E-state index is -0.223. The molecule has 0 aromatic heterocycles. The largest absolute Gasteiger partial charge is 0.489 e. The van der Waals surface area contributed by atoms with Crippen LogP contribution in [-0.2, 0) is 17.9 Å². The fourth-order valence-corrected chi connectivity index (χ4v) is 2.29. The molecule has 1 amide bonds. The van der Waals surface area contributed by atoms with Crippen LogP contribution in [0.5, 0.6) is 5.75 Å². The van der Waals surface area contributed by atoms with E-state index in [1.54, 1.807) is 7.05 Å². The molecule has 4 nitrogen and oxygen atoms in total. The summed E-state index contributed by atoms with van der Waals surface area (Å²) in [4.78, 5) is 11.4. The zero-order valence-corrected chi connectivity index (χ0v) is 14.1. The summed E-state index contributed by atoms with van der Waals surface area (Å²) < 4.78 is 5.74. The number of carbonyl (C=O) groups excluding carboxylic acids is 1. The lowest BCUT2D eigenvalue weighted by atomic mass is 10.2. The van der Waals surface area contributed by atoms with Crippen LogP contribution >= 0.6 is 11.6 Å². The first kappa shape index (κ1) is 17.3. The Morgan fingerprint density at radius 3 is 2.57 bits per heavy atom. The van der Waals surface area contributed by atoms with Crippen molar-refractivity contribution in [2.24, 2.45) is 0 Å². The highest BCUT2D eigenvalue weighted by Gasteiger charge is 2.09. The summed E-state index contributed by atoms with van der Waals surface area (Å²) in [6.07, 6.45) is 0. The molecule has 0 bridgehead atoms. The lowest BCUT2D eigenvalue weighted by Gasteiger charge is -2.12. The maximum absolute atomic E-state index is 11.4. The van der Waals surface area contributed by atoms with E-state index in [0.29, 0.717) is 18.2 Å². The van der Waals surface area contributed by atoms with E-state index >= 15 is 0 Å². The monoisotopic (exact) mass is 332 g/mol. The van der Waals surface area contributed by atoms with Gasteiger partial charge in [0.25, 0.3) is 0 Å². The van der Waals surface area contributed by atoms with Crippen LogP contribution in [0.15, 0.2) is 48.5 Å². The highest BCUT2D eigenvalue weighted by Crippen LogP contribution is 2.16. The number of hydrogen-bond acceptors (Lipinski definition) is 3. The molecular formula is C18H21ClN2O2. The average molecular weight is 333 g/mol. The maximum atomic E-state index is 11.4. The van der Waals surface area contributed by atoms with E-state index in [2.05, 4.69) is 10.6 Å². The fraction of sp³-hybridized carbons (Fsp3) is 0.278. The predicted octanol–water partition coefficient (Wildman–Crippen LogP) is 3.14. The molecule has 0 heterocycles.